The van der Waals surface area contributed by atoms with E-state index in [1.54, 1.807) is 0 Å². The number of hydrogen-bond donors (Lipinski definition) is 1. The third-order valence-electron chi connectivity index (χ3n) is 5.42. The van der Waals surface area contributed by atoms with E-state index in [0.717, 1.165) is 24.4 Å². The summed E-state index contributed by atoms with van der Waals surface area (Å²) in [6, 6.07) is 18.0. The quantitative estimate of drug-likeness (QED) is 0.521. The summed E-state index contributed by atoms with van der Waals surface area (Å²) < 4.78 is 2.50. The Morgan fingerprint density at radius 2 is 1.46 bits per heavy atom. The molecule has 3 heteroatoms. The van der Waals surface area contributed by atoms with Crippen LogP contribution >= 0.6 is 0 Å². The summed E-state index contributed by atoms with van der Waals surface area (Å²) in [5.41, 5.74) is 2.47. The first-order valence-electron chi connectivity index (χ1n) is 8.83. The molecule has 2 heterocycles. The Morgan fingerprint density at radius 1 is 0.875 bits per heavy atom. The molecule has 0 amide bonds. The molecule has 1 aromatic heterocycles. The van der Waals surface area contributed by atoms with Crippen LogP contribution in [0, 0.1) is 6.92 Å². The van der Waals surface area contributed by atoms with Gasteiger partial charge in [-0.3, -0.25) is 0 Å². The third kappa shape index (κ3) is 1.91. The summed E-state index contributed by atoms with van der Waals surface area (Å²) in [5, 5.41) is 8.70. The maximum absolute atomic E-state index is 5.01. The first-order valence-corrected chi connectivity index (χ1v) is 8.83. The van der Waals surface area contributed by atoms with Gasteiger partial charge >= 0.3 is 0 Å². The van der Waals surface area contributed by atoms with Gasteiger partial charge in [-0.25, -0.2) is 4.98 Å². The molecular weight excluding hydrogens is 294 g/mol. The predicted molar refractivity (Wildman–Crippen MR) is 101 cm³/mol. The number of imidazole rings is 1. The highest BCUT2D eigenvalue weighted by atomic mass is 15.1. The van der Waals surface area contributed by atoms with Gasteiger partial charge in [0.05, 0.1) is 11.0 Å². The largest absolute Gasteiger partial charge is 0.324 e. The lowest BCUT2D eigenvalue weighted by molar-refractivity contribution is 0.370. The van der Waals surface area contributed by atoms with Gasteiger partial charge in [0.1, 0.15) is 5.82 Å². The number of hydrogen-bond acceptors (Lipinski definition) is 2. The molecule has 3 aromatic carbocycles. The van der Waals surface area contributed by atoms with E-state index >= 15 is 0 Å². The topological polar surface area (TPSA) is 29.9 Å². The van der Waals surface area contributed by atoms with Crippen LogP contribution in [0.2, 0.25) is 0 Å². The molecule has 1 aliphatic rings. The number of aromatic nitrogens is 2. The minimum Gasteiger partial charge on any atom is -0.324 e. The van der Waals surface area contributed by atoms with Crippen LogP contribution in [0.5, 0.6) is 0 Å². The van der Waals surface area contributed by atoms with Crippen LogP contribution in [0.1, 0.15) is 24.7 Å². The maximum atomic E-state index is 5.01. The average Bonchev–Trinajstić information content (AvgIpc) is 3.00. The molecule has 5 rings (SSSR count). The van der Waals surface area contributed by atoms with E-state index in [2.05, 4.69) is 65.3 Å². The zero-order chi connectivity index (χ0) is 16.1. The highest BCUT2D eigenvalue weighted by Gasteiger charge is 2.22. The van der Waals surface area contributed by atoms with E-state index in [-0.39, 0.29) is 0 Å². The number of piperidine rings is 1. The number of benzene rings is 3. The zero-order valence-corrected chi connectivity index (χ0v) is 13.9. The number of fused-ring (bicyclic) bond motifs is 6. The molecule has 1 aliphatic heterocycles. The van der Waals surface area contributed by atoms with Crippen LogP contribution in [0.3, 0.4) is 0 Å². The van der Waals surface area contributed by atoms with Crippen molar-refractivity contribution in [3.8, 4) is 0 Å². The van der Waals surface area contributed by atoms with Gasteiger partial charge in [-0.15, -0.1) is 0 Å². The normalized spacial score (nSPS) is 16.4. The second kappa shape index (κ2) is 5.32. The molecule has 0 bridgehead atoms. The van der Waals surface area contributed by atoms with E-state index in [9.17, 15) is 0 Å². The molecule has 0 unspecified atom stereocenters. The summed E-state index contributed by atoms with van der Waals surface area (Å²) in [6.45, 7) is 4.34. The Hall–Kier alpha value is -2.39. The van der Waals surface area contributed by atoms with E-state index in [4.69, 9.17) is 4.98 Å². The molecule has 3 nitrogen and oxygen atoms in total. The monoisotopic (exact) mass is 315 g/mol. The lowest BCUT2D eigenvalue weighted by atomic mass is 9.99. The fourth-order valence-electron chi connectivity index (χ4n) is 4.35. The molecule has 4 aromatic rings. The molecular formula is C21H21N3. The lowest BCUT2D eigenvalue weighted by Crippen LogP contribution is -2.29. The van der Waals surface area contributed by atoms with Crippen LogP contribution < -0.4 is 5.32 Å². The Labute approximate surface area is 141 Å². The van der Waals surface area contributed by atoms with Crippen LogP contribution in [0.4, 0.5) is 0 Å². The van der Waals surface area contributed by atoms with Crippen LogP contribution in [-0.2, 0) is 0 Å². The van der Waals surface area contributed by atoms with Gasteiger partial charge in [-0.2, -0.15) is 0 Å². The van der Waals surface area contributed by atoms with Crippen molar-refractivity contribution in [3.63, 3.8) is 0 Å². The fourth-order valence-corrected chi connectivity index (χ4v) is 4.35. The van der Waals surface area contributed by atoms with Crippen molar-refractivity contribution < 1.29 is 0 Å². The van der Waals surface area contributed by atoms with Gasteiger partial charge in [-0.05, 0) is 43.6 Å². The van der Waals surface area contributed by atoms with Gasteiger partial charge in [0.15, 0.2) is 0 Å². The van der Waals surface area contributed by atoms with Crippen LogP contribution in [0.25, 0.3) is 32.6 Å². The summed E-state index contributed by atoms with van der Waals surface area (Å²) >= 11 is 0. The number of rotatable bonds is 1. The number of aryl methyl sites for hydroxylation is 1. The van der Waals surface area contributed by atoms with E-state index in [1.165, 1.54) is 39.9 Å². The van der Waals surface area contributed by atoms with Crippen LogP contribution in [0.15, 0.2) is 48.5 Å². The van der Waals surface area contributed by atoms with Gasteiger partial charge < -0.3 is 9.88 Å². The Kier molecular flexibility index (Phi) is 3.10. The maximum Gasteiger partial charge on any atom is 0.107 e. The highest BCUT2D eigenvalue weighted by molar-refractivity contribution is 6.23. The minimum atomic E-state index is 0.542. The Bertz CT molecular complexity index is 1050. The molecule has 0 radical (unpaired) electrons. The Morgan fingerprint density at radius 3 is 2.17 bits per heavy atom. The van der Waals surface area contributed by atoms with Crippen molar-refractivity contribution in [1.82, 2.24) is 14.9 Å². The van der Waals surface area contributed by atoms with Crippen molar-refractivity contribution in [2.45, 2.75) is 25.8 Å². The van der Waals surface area contributed by atoms with Gasteiger partial charge in [0.25, 0.3) is 0 Å². The molecule has 0 aliphatic carbocycles. The molecule has 120 valence electrons. The minimum absolute atomic E-state index is 0.542. The van der Waals surface area contributed by atoms with Crippen molar-refractivity contribution >= 4 is 32.6 Å². The first-order chi connectivity index (χ1) is 11.8. The van der Waals surface area contributed by atoms with Crippen molar-refractivity contribution in [3.05, 3.63) is 54.4 Å². The third-order valence-corrected chi connectivity index (χ3v) is 5.42. The number of nitrogens with zero attached hydrogens (tertiary/aromatic N) is 2. The van der Waals surface area contributed by atoms with E-state index in [0.29, 0.717) is 6.04 Å². The first kappa shape index (κ1) is 14.0. The van der Waals surface area contributed by atoms with Gasteiger partial charge in [0.2, 0.25) is 0 Å². The summed E-state index contributed by atoms with van der Waals surface area (Å²) in [4.78, 5) is 5.01. The highest BCUT2D eigenvalue weighted by Crippen LogP contribution is 2.37. The standard InChI is InChI=1S/C21H21N3/c1-14-23-20-18-8-4-2-6-16(18)17-7-3-5-9-19(17)21(20)24(14)15-10-12-22-13-11-15/h2-9,15,22H,10-13H2,1H3. The smallest absolute Gasteiger partial charge is 0.107 e. The average molecular weight is 315 g/mol. The fraction of sp³-hybridized carbons (Fsp3) is 0.286. The van der Waals surface area contributed by atoms with E-state index in [1.807, 2.05) is 0 Å². The van der Waals surface area contributed by atoms with Gasteiger partial charge in [-0.1, -0.05) is 48.5 Å². The summed E-state index contributed by atoms with van der Waals surface area (Å²) in [7, 11) is 0. The second-order valence-electron chi connectivity index (χ2n) is 6.80. The summed E-state index contributed by atoms with van der Waals surface area (Å²) in [5.74, 6) is 1.14. The summed E-state index contributed by atoms with van der Waals surface area (Å²) in [6.07, 6.45) is 2.35. The van der Waals surface area contributed by atoms with Crippen molar-refractivity contribution in [2.75, 3.05) is 13.1 Å². The molecule has 0 saturated carbocycles. The zero-order valence-electron chi connectivity index (χ0n) is 13.9. The molecule has 1 saturated heterocycles. The van der Waals surface area contributed by atoms with Crippen molar-refractivity contribution in [1.29, 1.82) is 0 Å². The molecule has 0 spiro atoms. The predicted octanol–water partition coefficient (Wildman–Crippen LogP) is 4.58. The molecule has 24 heavy (non-hydrogen) atoms. The Balaban J connectivity index is 1.96. The van der Waals surface area contributed by atoms with Crippen LogP contribution in [-0.4, -0.2) is 22.6 Å². The molecule has 0 atom stereocenters. The lowest BCUT2D eigenvalue weighted by Gasteiger charge is -2.26. The van der Waals surface area contributed by atoms with Gasteiger partial charge in [0, 0.05) is 16.8 Å². The number of nitrogens with one attached hydrogen (secondary N) is 1. The molecule has 1 N–H and O–H groups in total. The SMILES string of the molecule is Cc1nc2c3ccccc3c3ccccc3c2n1C1CCNCC1. The second-order valence-corrected chi connectivity index (χ2v) is 6.80. The van der Waals surface area contributed by atoms with Crippen molar-refractivity contribution in [2.24, 2.45) is 0 Å². The van der Waals surface area contributed by atoms with E-state index < -0.39 is 0 Å². The molecule has 1 fully saturated rings.